The van der Waals surface area contributed by atoms with Crippen LogP contribution in [-0.2, 0) is 0 Å². The number of nitrogens with zero attached hydrogens (tertiary/aromatic N) is 1. The molecule has 2 atom stereocenters. The highest BCUT2D eigenvalue weighted by atomic mass is 32.1. The molecule has 5 nitrogen and oxygen atoms in total. The highest BCUT2D eigenvalue weighted by Gasteiger charge is 2.17. The molecule has 1 aromatic carbocycles. The van der Waals surface area contributed by atoms with Gasteiger partial charge in [-0.2, -0.15) is 0 Å². The first-order valence-electron chi connectivity index (χ1n) is 7.64. The number of nitrogens with one attached hydrogen (secondary N) is 1. The Labute approximate surface area is 144 Å². The van der Waals surface area contributed by atoms with Gasteiger partial charge in [0.05, 0.1) is 17.5 Å². The fraction of sp³-hybridized carbons (Fsp3) is 0.222. The summed E-state index contributed by atoms with van der Waals surface area (Å²) in [6.07, 6.45) is 1.17. The lowest BCUT2D eigenvalue weighted by atomic mass is 10.1. The van der Waals surface area contributed by atoms with Crippen LogP contribution in [0.4, 0.5) is 0 Å². The van der Waals surface area contributed by atoms with E-state index in [0.717, 1.165) is 11.3 Å². The third-order valence-electron chi connectivity index (χ3n) is 3.70. The summed E-state index contributed by atoms with van der Waals surface area (Å²) >= 11 is 1.54. The number of carbonyl (C=O) groups excluding carboxylic acids is 1. The molecule has 0 aliphatic rings. The Morgan fingerprint density at radius 1 is 1.33 bits per heavy atom. The van der Waals surface area contributed by atoms with Crippen LogP contribution in [-0.4, -0.2) is 22.0 Å². The zero-order chi connectivity index (χ0) is 16.9. The summed E-state index contributed by atoms with van der Waals surface area (Å²) in [5.41, 5.74) is 4.24. The molecule has 3 aromatic rings. The SMILES string of the molecule is CC(CC(O)c1ccco1)NC(=O)c1ccc(-c2cscn2)cc1. The molecule has 0 radical (unpaired) electrons. The van der Waals surface area contributed by atoms with E-state index in [4.69, 9.17) is 4.42 Å². The topological polar surface area (TPSA) is 75.4 Å². The first-order valence-corrected chi connectivity index (χ1v) is 8.58. The van der Waals surface area contributed by atoms with Crippen LogP contribution in [0.1, 0.15) is 35.6 Å². The molecule has 0 saturated heterocycles. The number of hydrogen-bond donors (Lipinski definition) is 2. The zero-order valence-electron chi connectivity index (χ0n) is 13.2. The Bertz CT molecular complexity index is 767. The summed E-state index contributed by atoms with van der Waals surface area (Å²) in [5, 5.41) is 14.9. The van der Waals surface area contributed by atoms with Gasteiger partial charge in [-0.1, -0.05) is 12.1 Å². The molecule has 3 rings (SSSR count). The lowest BCUT2D eigenvalue weighted by Crippen LogP contribution is -2.33. The average molecular weight is 342 g/mol. The number of aromatic nitrogens is 1. The summed E-state index contributed by atoms with van der Waals surface area (Å²) < 4.78 is 5.17. The summed E-state index contributed by atoms with van der Waals surface area (Å²) in [4.78, 5) is 16.5. The second-order valence-corrected chi connectivity index (χ2v) is 6.31. The van der Waals surface area contributed by atoms with Crippen LogP contribution in [0.2, 0.25) is 0 Å². The quantitative estimate of drug-likeness (QED) is 0.717. The van der Waals surface area contributed by atoms with Crippen LogP contribution >= 0.6 is 11.3 Å². The monoisotopic (exact) mass is 342 g/mol. The van der Waals surface area contributed by atoms with Crippen LogP contribution in [0.3, 0.4) is 0 Å². The molecule has 6 heteroatoms. The molecular weight excluding hydrogens is 324 g/mol. The molecular formula is C18H18N2O3S. The number of furan rings is 1. The van der Waals surface area contributed by atoms with Crippen molar-refractivity contribution in [3.63, 3.8) is 0 Å². The number of benzene rings is 1. The number of rotatable bonds is 6. The number of hydrogen-bond acceptors (Lipinski definition) is 5. The second-order valence-electron chi connectivity index (χ2n) is 5.59. The maximum absolute atomic E-state index is 12.3. The number of aliphatic hydroxyl groups excluding tert-OH is 1. The first-order chi connectivity index (χ1) is 11.6. The van der Waals surface area contributed by atoms with Crippen molar-refractivity contribution >= 4 is 17.2 Å². The van der Waals surface area contributed by atoms with Crippen molar-refractivity contribution in [2.24, 2.45) is 0 Å². The van der Waals surface area contributed by atoms with Gasteiger partial charge in [-0.25, -0.2) is 4.98 Å². The maximum atomic E-state index is 12.3. The normalized spacial score (nSPS) is 13.4. The van der Waals surface area contributed by atoms with Crippen molar-refractivity contribution in [2.45, 2.75) is 25.5 Å². The smallest absolute Gasteiger partial charge is 0.251 e. The lowest BCUT2D eigenvalue weighted by Gasteiger charge is -2.16. The summed E-state index contributed by atoms with van der Waals surface area (Å²) in [6, 6.07) is 10.6. The highest BCUT2D eigenvalue weighted by Crippen LogP contribution is 2.20. The van der Waals surface area contributed by atoms with Crippen molar-refractivity contribution in [3.05, 3.63) is 64.9 Å². The van der Waals surface area contributed by atoms with Gasteiger partial charge in [0.1, 0.15) is 11.9 Å². The van der Waals surface area contributed by atoms with Gasteiger partial charge >= 0.3 is 0 Å². The van der Waals surface area contributed by atoms with Crippen molar-refractivity contribution in [1.82, 2.24) is 10.3 Å². The molecule has 0 spiro atoms. The molecule has 2 N–H and O–H groups in total. The third-order valence-corrected chi connectivity index (χ3v) is 4.29. The molecule has 0 bridgehead atoms. The van der Waals surface area contributed by atoms with Gasteiger partial charge in [-0.05, 0) is 31.2 Å². The average Bonchev–Trinajstić information content (AvgIpc) is 3.28. The van der Waals surface area contributed by atoms with E-state index in [1.165, 1.54) is 17.6 Å². The van der Waals surface area contributed by atoms with Crippen molar-refractivity contribution in [1.29, 1.82) is 0 Å². The van der Waals surface area contributed by atoms with Crippen LogP contribution in [0.25, 0.3) is 11.3 Å². The first kappa shape index (κ1) is 16.4. The van der Waals surface area contributed by atoms with Gasteiger partial charge in [-0.15, -0.1) is 11.3 Å². The molecule has 0 fully saturated rings. The minimum Gasteiger partial charge on any atom is -0.467 e. The van der Waals surface area contributed by atoms with E-state index in [2.05, 4.69) is 10.3 Å². The van der Waals surface area contributed by atoms with E-state index < -0.39 is 6.10 Å². The lowest BCUT2D eigenvalue weighted by molar-refractivity contribution is 0.0903. The fourth-order valence-corrected chi connectivity index (χ4v) is 3.01. The van der Waals surface area contributed by atoms with Crippen molar-refractivity contribution < 1.29 is 14.3 Å². The number of thiazole rings is 1. The number of carbonyl (C=O) groups is 1. The molecule has 2 aromatic heterocycles. The largest absolute Gasteiger partial charge is 0.467 e. The van der Waals surface area contributed by atoms with Gasteiger partial charge in [0.15, 0.2) is 0 Å². The fourth-order valence-electron chi connectivity index (χ4n) is 2.45. The van der Waals surface area contributed by atoms with Gasteiger partial charge in [0, 0.05) is 29.0 Å². The van der Waals surface area contributed by atoms with Gasteiger partial charge < -0.3 is 14.8 Å². The standard InChI is InChI=1S/C18H18N2O3S/c1-12(9-16(21)17-3-2-8-23-17)20-18(22)14-6-4-13(5-7-14)15-10-24-11-19-15/h2-8,10-12,16,21H,9H2,1H3,(H,20,22). The predicted molar refractivity (Wildman–Crippen MR) is 92.8 cm³/mol. The molecule has 24 heavy (non-hydrogen) atoms. The minimum atomic E-state index is -0.734. The molecule has 0 aliphatic heterocycles. The summed E-state index contributed by atoms with van der Waals surface area (Å²) in [6.45, 7) is 1.85. The molecule has 1 amide bonds. The Morgan fingerprint density at radius 3 is 2.75 bits per heavy atom. The van der Waals surface area contributed by atoms with Crippen LogP contribution in [0.15, 0.2) is 58.0 Å². The van der Waals surface area contributed by atoms with Gasteiger partial charge in [0.25, 0.3) is 5.91 Å². The maximum Gasteiger partial charge on any atom is 0.251 e. The van der Waals surface area contributed by atoms with E-state index in [9.17, 15) is 9.90 Å². The number of amides is 1. The van der Waals surface area contributed by atoms with E-state index in [1.54, 1.807) is 29.8 Å². The van der Waals surface area contributed by atoms with Gasteiger partial charge in [0.2, 0.25) is 0 Å². The third kappa shape index (κ3) is 3.90. The Balaban J connectivity index is 1.58. The van der Waals surface area contributed by atoms with E-state index in [1.807, 2.05) is 24.4 Å². The Morgan fingerprint density at radius 2 is 2.12 bits per heavy atom. The van der Waals surface area contributed by atoms with Crippen LogP contribution in [0.5, 0.6) is 0 Å². The molecule has 2 unspecified atom stereocenters. The van der Waals surface area contributed by atoms with Crippen molar-refractivity contribution in [2.75, 3.05) is 0 Å². The predicted octanol–water partition coefficient (Wildman–Crippen LogP) is 3.65. The van der Waals surface area contributed by atoms with E-state index >= 15 is 0 Å². The summed E-state index contributed by atoms with van der Waals surface area (Å²) in [5.74, 6) is 0.336. The molecule has 0 saturated carbocycles. The summed E-state index contributed by atoms with van der Waals surface area (Å²) in [7, 11) is 0. The Kier molecular flexibility index (Phi) is 5.08. The molecule has 2 heterocycles. The van der Waals surface area contributed by atoms with Crippen LogP contribution < -0.4 is 5.32 Å². The van der Waals surface area contributed by atoms with Gasteiger partial charge in [-0.3, -0.25) is 4.79 Å². The van der Waals surface area contributed by atoms with Crippen LogP contribution in [0, 0.1) is 0 Å². The van der Waals surface area contributed by atoms with E-state index in [0.29, 0.717) is 17.7 Å². The number of aliphatic hydroxyl groups is 1. The molecule has 124 valence electrons. The zero-order valence-corrected chi connectivity index (χ0v) is 14.0. The minimum absolute atomic E-state index is 0.168. The highest BCUT2D eigenvalue weighted by molar-refractivity contribution is 7.07. The second kappa shape index (κ2) is 7.42. The van der Waals surface area contributed by atoms with E-state index in [-0.39, 0.29) is 11.9 Å². The Hall–Kier alpha value is -2.44. The molecule has 0 aliphatic carbocycles. The van der Waals surface area contributed by atoms with Crippen molar-refractivity contribution in [3.8, 4) is 11.3 Å².